The molecule has 0 bridgehead atoms. The second-order valence-electron chi connectivity index (χ2n) is 4.01. The maximum Gasteiger partial charge on any atom is 0.338 e. The van der Waals surface area contributed by atoms with Crippen molar-refractivity contribution in [2.75, 3.05) is 24.6 Å². The van der Waals surface area contributed by atoms with Gasteiger partial charge >= 0.3 is 5.97 Å². The lowest BCUT2D eigenvalue weighted by Crippen LogP contribution is -2.32. The van der Waals surface area contributed by atoms with E-state index in [1.165, 1.54) is 12.1 Å². The van der Waals surface area contributed by atoms with Crippen LogP contribution in [0.4, 0.5) is 4.39 Å². The quantitative estimate of drug-likeness (QED) is 0.897. The highest BCUT2D eigenvalue weighted by atomic mass is 32.2. The van der Waals surface area contributed by atoms with Crippen molar-refractivity contribution in [1.29, 1.82) is 0 Å². The van der Waals surface area contributed by atoms with Crippen LogP contribution in [0.5, 0.6) is 0 Å². The minimum Gasteiger partial charge on any atom is -0.478 e. The molecule has 1 heterocycles. The molecule has 0 saturated carbocycles. The summed E-state index contributed by atoms with van der Waals surface area (Å²) in [4.78, 5) is 12.9. The number of hydrogen-bond donors (Lipinski definition) is 1. The Morgan fingerprint density at radius 3 is 2.71 bits per heavy atom. The summed E-state index contributed by atoms with van der Waals surface area (Å²) in [5, 5.41) is 8.72. The van der Waals surface area contributed by atoms with Gasteiger partial charge in [-0.2, -0.15) is 11.8 Å². The average Bonchev–Trinajstić information content (AvgIpc) is 2.30. The minimum atomic E-state index is -1.22. The summed E-state index contributed by atoms with van der Waals surface area (Å²) in [6, 6.07) is 4.35. The van der Waals surface area contributed by atoms with Crippen LogP contribution >= 0.6 is 11.8 Å². The first kappa shape index (κ1) is 12.4. The first-order valence-corrected chi connectivity index (χ1v) is 6.64. The van der Waals surface area contributed by atoms with Crippen molar-refractivity contribution < 1.29 is 14.3 Å². The van der Waals surface area contributed by atoms with Gasteiger partial charge in [0.1, 0.15) is 5.82 Å². The molecule has 1 aromatic rings. The van der Waals surface area contributed by atoms with Crippen LogP contribution in [0.15, 0.2) is 18.2 Å². The number of carboxylic acids is 1. The van der Waals surface area contributed by atoms with Crippen molar-refractivity contribution in [2.45, 2.75) is 6.54 Å². The molecule has 5 heteroatoms. The van der Waals surface area contributed by atoms with Gasteiger partial charge in [0.05, 0.1) is 5.56 Å². The van der Waals surface area contributed by atoms with E-state index in [1.54, 1.807) is 6.07 Å². The second-order valence-corrected chi connectivity index (χ2v) is 5.23. The highest BCUT2D eigenvalue weighted by molar-refractivity contribution is 7.99. The monoisotopic (exact) mass is 255 g/mol. The molecular formula is C12H14FNO2S. The summed E-state index contributed by atoms with van der Waals surface area (Å²) < 4.78 is 13.5. The van der Waals surface area contributed by atoms with Gasteiger partial charge in [0.2, 0.25) is 0 Å². The third-order valence-electron chi connectivity index (χ3n) is 2.77. The Morgan fingerprint density at radius 2 is 2.12 bits per heavy atom. The lowest BCUT2D eigenvalue weighted by Gasteiger charge is -2.26. The van der Waals surface area contributed by atoms with E-state index in [0.29, 0.717) is 6.54 Å². The molecule has 0 atom stereocenters. The Morgan fingerprint density at radius 1 is 1.41 bits per heavy atom. The van der Waals surface area contributed by atoms with Crippen LogP contribution in [-0.2, 0) is 6.54 Å². The normalized spacial score (nSPS) is 17.0. The van der Waals surface area contributed by atoms with Crippen molar-refractivity contribution in [2.24, 2.45) is 0 Å². The highest BCUT2D eigenvalue weighted by Gasteiger charge is 2.14. The number of nitrogens with zero attached hydrogens (tertiary/aromatic N) is 1. The predicted molar refractivity (Wildman–Crippen MR) is 66.0 cm³/mol. The average molecular weight is 255 g/mol. The van der Waals surface area contributed by atoms with Gasteiger partial charge in [-0.05, 0) is 17.7 Å². The third kappa shape index (κ3) is 3.20. The zero-order chi connectivity index (χ0) is 12.3. The highest BCUT2D eigenvalue weighted by Crippen LogP contribution is 2.15. The zero-order valence-electron chi connectivity index (χ0n) is 9.36. The van der Waals surface area contributed by atoms with Crippen LogP contribution < -0.4 is 0 Å². The number of thioether (sulfide) groups is 1. The molecule has 0 unspecified atom stereocenters. The van der Waals surface area contributed by atoms with E-state index in [2.05, 4.69) is 4.90 Å². The van der Waals surface area contributed by atoms with Gasteiger partial charge in [-0.1, -0.05) is 6.07 Å². The molecule has 17 heavy (non-hydrogen) atoms. The molecule has 0 radical (unpaired) electrons. The molecule has 1 aromatic carbocycles. The molecule has 1 N–H and O–H groups in total. The maximum atomic E-state index is 13.5. The maximum absolute atomic E-state index is 13.5. The number of rotatable bonds is 3. The molecular weight excluding hydrogens is 241 g/mol. The molecule has 1 fully saturated rings. The number of carboxylic acid groups (broad SMARTS) is 1. The number of hydrogen-bond acceptors (Lipinski definition) is 3. The van der Waals surface area contributed by atoms with E-state index in [0.717, 1.165) is 30.2 Å². The lowest BCUT2D eigenvalue weighted by atomic mass is 10.1. The first-order valence-electron chi connectivity index (χ1n) is 5.48. The standard InChI is InChI=1S/C12H14FNO2S/c13-11-7-9(1-2-10(11)12(15)16)8-14-3-5-17-6-4-14/h1-2,7H,3-6,8H2,(H,15,16). The number of aromatic carboxylic acids is 1. The van der Waals surface area contributed by atoms with Gasteiger partial charge in [0.15, 0.2) is 0 Å². The summed E-state index contributed by atoms with van der Waals surface area (Å²) in [6.07, 6.45) is 0. The van der Waals surface area contributed by atoms with Crippen LogP contribution in [-0.4, -0.2) is 40.6 Å². The molecule has 92 valence electrons. The summed E-state index contributed by atoms with van der Waals surface area (Å²) in [7, 11) is 0. The smallest absolute Gasteiger partial charge is 0.338 e. The summed E-state index contributed by atoms with van der Waals surface area (Å²) in [5.41, 5.74) is 0.572. The van der Waals surface area contributed by atoms with Gasteiger partial charge in [-0.15, -0.1) is 0 Å². The fourth-order valence-electron chi connectivity index (χ4n) is 1.85. The Labute approximate surface area is 104 Å². The molecule has 0 aliphatic carbocycles. The van der Waals surface area contributed by atoms with Gasteiger partial charge < -0.3 is 5.11 Å². The molecule has 2 rings (SSSR count). The van der Waals surface area contributed by atoms with Gasteiger partial charge in [0, 0.05) is 31.1 Å². The van der Waals surface area contributed by atoms with Crippen molar-refractivity contribution in [1.82, 2.24) is 4.90 Å². The summed E-state index contributed by atoms with van der Waals surface area (Å²) >= 11 is 1.93. The van der Waals surface area contributed by atoms with Crippen LogP contribution in [0.3, 0.4) is 0 Å². The number of carbonyl (C=O) groups is 1. The molecule has 1 aliphatic rings. The number of benzene rings is 1. The Kier molecular flexibility index (Phi) is 4.02. The first-order chi connectivity index (χ1) is 8.16. The zero-order valence-corrected chi connectivity index (χ0v) is 10.2. The van der Waals surface area contributed by atoms with Crippen molar-refractivity contribution >= 4 is 17.7 Å². The Balaban J connectivity index is 2.06. The fraction of sp³-hybridized carbons (Fsp3) is 0.417. The van der Waals surface area contributed by atoms with Crippen LogP contribution in [0.2, 0.25) is 0 Å². The minimum absolute atomic E-state index is 0.261. The summed E-state index contributed by atoms with van der Waals surface area (Å²) in [6.45, 7) is 2.71. The SMILES string of the molecule is O=C(O)c1ccc(CN2CCSCC2)cc1F. The molecule has 1 aliphatic heterocycles. The van der Waals surface area contributed by atoms with Crippen LogP contribution in [0, 0.1) is 5.82 Å². The van der Waals surface area contributed by atoms with Crippen LogP contribution in [0.1, 0.15) is 15.9 Å². The third-order valence-corrected chi connectivity index (χ3v) is 3.72. The predicted octanol–water partition coefficient (Wildman–Crippen LogP) is 2.07. The van der Waals surface area contributed by atoms with E-state index in [9.17, 15) is 9.18 Å². The Hall–Kier alpha value is -1.07. The molecule has 0 spiro atoms. The molecule has 0 amide bonds. The van der Waals surface area contributed by atoms with Crippen molar-refractivity contribution in [3.8, 4) is 0 Å². The van der Waals surface area contributed by atoms with Gasteiger partial charge in [-0.25, -0.2) is 9.18 Å². The van der Waals surface area contributed by atoms with Crippen molar-refractivity contribution in [3.05, 3.63) is 35.1 Å². The van der Waals surface area contributed by atoms with Crippen molar-refractivity contribution in [3.63, 3.8) is 0 Å². The van der Waals surface area contributed by atoms with E-state index in [4.69, 9.17) is 5.11 Å². The largest absolute Gasteiger partial charge is 0.478 e. The molecule has 0 aromatic heterocycles. The lowest BCUT2D eigenvalue weighted by molar-refractivity contribution is 0.0692. The van der Waals surface area contributed by atoms with Gasteiger partial charge in [-0.3, -0.25) is 4.90 Å². The van der Waals surface area contributed by atoms with E-state index in [1.807, 2.05) is 11.8 Å². The second kappa shape index (κ2) is 5.51. The molecule has 1 saturated heterocycles. The fourth-order valence-corrected chi connectivity index (χ4v) is 2.83. The van der Waals surface area contributed by atoms with E-state index in [-0.39, 0.29) is 5.56 Å². The van der Waals surface area contributed by atoms with Gasteiger partial charge in [0.25, 0.3) is 0 Å². The summed E-state index contributed by atoms with van der Waals surface area (Å²) in [5.74, 6) is 0.343. The Bertz CT molecular complexity index is 419. The van der Waals surface area contributed by atoms with E-state index < -0.39 is 11.8 Å². The van der Waals surface area contributed by atoms with Crippen LogP contribution in [0.25, 0.3) is 0 Å². The topological polar surface area (TPSA) is 40.5 Å². The van der Waals surface area contributed by atoms with E-state index >= 15 is 0 Å². The number of halogens is 1. The molecule has 3 nitrogen and oxygen atoms in total.